The summed E-state index contributed by atoms with van der Waals surface area (Å²) in [5.74, 6) is 3.60. The van der Waals surface area contributed by atoms with Crippen molar-refractivity contribution in [3.05, 3.63) is 17.5 Å². The van der Waals surface area contributed by atoms with Gasteiger partial charge in [0.2, 0.25) is 0 Å². The van der Waals surface area contributed by atoms with Crippen LogP contribution in [0.4, 0.5) is 0 Å². The van der Waals surface area contributed by atoms with Crippen LogP contribution in [0, 0.1) is 6.92 Å². The van der Waals surface area contributed by atoms with Gasteiger partial charge in [0.1, 0.15) is 0 Å². The average Bonchev–Trinajstić information content (AvgIpc) is 2.59. The van der Waals surface area contributed by atoms with Crippen LogP contribution >= 0.6 is 23.5 Å². The summed E-state index contributed by atoms with van der Waals surface area (Å²) in [7, 11) is 1.90. The summed E-state index contributed by atoms with van der Waals surface area (Å²) in [4.78, 5) is 12.1. The fourth-order valence-electron chi connectivity index (χ4n) is 1.80. The third-order valence-corrected chi connectivity index (χ3v) is 5.43. The van der Waals surface area contributed by atoms with Crippen molar-refractivity contribution in [3.8, 4) is 0 Å². The number of carbonyl (C=O) groups excluding carboxylic acids is 1. The van der Waals surface area contributed by atoms with E-state index in [1.807, 2.05) is 36.5 Å². The predicted molar refractivity (Wildman–Crippen MR) is 70.2 cm³/mol. The Morgan fingerprint density at radius 3 is 3.00 bits per heavy atom. The molecule has 0 aromatic carbocycles. The second-order valence-corrected chi connectivity index (χ2v) is 6.44. The maximum absolute atomic E-state index is 12.1. The summed E-state index contributed by atoms with van der Waals surface area (Å²) in [6.07, 6.45) is 0.523. The van der Waals surface area contributed by atoms with Crippen LogP contribution in [0.3, 0.4) is 0 Å². The Balaban J connectivity index is 1.98. The van der Waals surface area contributed by atoms with E-state index in [1.54, 1.807) is 11.8 Å². The van der Waals surface area contributed by atoms with Crippen molar-refractivity contribution in [3.63, 3.8) is 0 Å². The maximum Gasteiger partial charge on any atom is 0.152 e. The summed E-state index contributed by atoms with van der Waals surface area (Å²) in [5.41, 5.74) is 2.01. The Kier molecular flexibility index (Phi) is 3.97. The fraction of sp³-hybridized carbons (Fsp3) is 0.636. The molecule has 0 spiro atoms. The average molecular weight is 256 g/mol. The molecular formula is C11H16N2OS2. The van der Waals surface area contributed by atoms with E-state index in [1.165, 1.54) is 5.75 Å². The van der Waals surface area contributed by atoms with Crippen LogP contribution in [0.15, 0.2) is 6.07 Å². The van der Waals surface area contributed by atoms with E-state index in [2.05, 4.69) is 5.10 Å². The molecule has 5 heteroatoms. The minimum Gasteiger partial charge on any atom is -0.298 e. The highest BCUT2D eigenvalue weighted by Gasteiger charge is 2.22. The van der Waals surface area contributed by atoms with Crippen molar-refractivity contribution < 1.29 is 4.79 Å². The largest absolute Gasteiger partial charge is 0.298 e. The van der Waals surface area contributed by atoms with Gasteiger partial charge in [-0.15, -0.1) is 11.8 Å². The van der Waals surface area contributed by atoms with Crippen molar-refractivity contribution in [2.75, 3.05) is 17.3 Å². The van der Waals surface area contributed by atoms with Crippen molar-refractivity contribution >= 4 is 29.3 Å². The zero-order valence-corrected chi connectivity index (χ0v) is 11.2. The summed E-state index contributed by atoms with van der Waals surface area (Å²) in [6.45, 7) is 1.96. The van der Waals surface area contributed by atoms with Crippen LogP contribution in [-0.2, 0) is 18.3 Å². The zero-order valence-electron chi connectivity index (χ0n) is 9.60. The lowest BCUT2D eigenvalue weighted by atomic mass is 10.1. The zero-order chi connectivity index (χ0) is 11.5. The molecule has 0 saturated carbocycles. The lowest BCUT2D eigenvalue weighted by Crippen LogP contribution is -2.26. The number of carbonyl (C=O) groups is 1. The van der Waals surface area contributed by atoms with Gasteiger partial charge in [0, 0.05) is 36.4 Å². The molecule has 1 saturated heterocycles. The van der Waals surface area contributed by atoms with Gasteiger partial charge in [-0.25, -0.2) is 0 Å². The molecule has 0 bridgehead atoms. The van der Waals surface area contributed by atoms with E-state index in [9.17, 15) is 4.79 Å². The predicted octanol–water partition coefficient (Wildman–Crippen LogP) is 1.69. The third kappa shape index (κ3) is 2.83. The number of hydrogen-bond acceptors (Lipinski definition) is 4. The topological polar surface area (TPSA) is 34.9 Å². The normalized spacial score (nSPS) is 21.0. The monoisotopic (exact) mass is 256 g/mol. The van der Waals surface area contributed by atoms with Gasteiger partial charge in [0.15, 0.2) is 5.78 Å². The molecule has 1 aliphatic heterocycles. The Morgan fingerprint density at radius 2 is 2.44 bits per heavy atom. The van der Waals surface area contributed by atoms with Crippen LogP contribution in [0.25, 0.3) is 0 Å². The highest BCUT2D eigenvalue weighted by Crippen LogP contribution is 2.25. The smallest absolute Gasteiger partial charge is 0.152 e. The lowest BCUT2D eigenvalue weighted by molar-refractivity contribution is -0.117. The molecule has 0 aliphatic carbocycles. The van der Waals surface area contributed by atoms with Crippen LogP contribution in [0.5, 0.6) is 0 Å². The van der Waals surface area contributed by atoms with Gasteiger partial charge in [0.25, 0.3) is 0 Å². The maximum atomic E-state index is 12.1. The number of aryl methyl sites for hydroxylation is 2. The van der Waals surface area contributed by atoms with Gasteiger partial charge in [0.05, 0.1) is 10.9 Å². The minimum atomic E-state index is 0.189. The van der Waals surface area contributed by atoms with Crippen LogP contribution in [0.1, 0.15) is 11.4 Å². The summed E-state index contributed by atoms with van der Waals surface area (Å²) in [5, 5.41) is 4.45. The minimum absolute atomic E-state index is 0.189. The highest BCUT2D eigenvalue weighted by molar-refractivity contribution is 8.07. The fourth-order valence-corrected chi connectivity index (χ4v) is 4.45. The van der Waals surface area contributed by atoms with Crippen LogP contribution < -0.4 is 0 Å². The van der Waals surface area contributed by atoms with E-state index in [-0.39, 0.29) is 5.25 Å². The first-order valence-corrected chi connectivity index (χ1v) is 7.59. The number of Topliss-reactive ketones (excluding diaryl/α,β-unsaturated/α-hetero) is 1. The van der Waals surface area contributed by atoms with Gasteiger partial charge in [-0.3, -0.25) is 9.48 Å². The Hall–Kier alpha value is -0.420. The van der Waals surface area contributed by atoms with Gasteiger partial charge >= 0.3 is 0 Å². The Bertz CT molecular complexity index is 383. The summed E-state index contributed by atoms with van der Waals surface area (Å²) < 4.78 is 1.81. The molecule has 1 unspecified atom stereocenters. The second kappa shape index (κ2) is 5.27. The molecule has 2 heterocycles. The molecule has 16 heavy (non-hydrogen) atoms. The van der Waals surface area contributed by atoms with Crippen molar-refractivity contribution in [2.45, 2.75) is 18.6 Å². The van der Waals surface area contributed by atoms with E-state index >= 15 is 0 Å². The van der Waals surface area contributed by atoms with Gasteiger partial charge in [-0.1, -0.05) is 0 Å². The van der Waals surface area contributed by atoms with Crippen LogP contribution in [0.2, 0.25) is 0 Å². The van der Waals surface area contributed by atoms with E-state index < -0.39 is 0 Å². The molecular weight excluding hydrogens is 240 g/mol. The van der Waals surface area contributed by atoms with E-state index in [0.717, 1.165) is 22.9 Å². The molecule has 1 atom stereocenters. The number of rotatable bonds is 3. The second-order valence-electron chi connectivity index (χ2n) is 3.98. The molecule has 1 aromatic rings. The number of nitrogens with zero attached hydrogens (tertiary/aromatic N) is 2. The molecule has 88 valence electrons. The number of hydrogen-bond donors (Lipinski definition) is 0. The van der Waals surface area contributed by atoms with Gasteiger partial charge < -0.3 is 0 Å². The molecule has 3 nitrogen and oxygen atoms in total. The Labute approximate surface area is 104 Å². The molecule has 0 amide bonds. The van der Waals surface area contributed by atoms with Crippen molar-refractivity contribution in [2.24, 2.45) is 7.05 Å². The van der Waals surface area contributed by atoms with Gasteiger partial charge in [-0.05, 0) is 13.0 Å². The number of ketones is 1. The summed E-state index contributed by atoms with van der Waals surface area (Å²) in [6, 6.07) is 2.00. The molecule has 1 aromatic heterocycles. The van der Waals surface area contributed by atoms with Crippen molar-refractivity contribution in [1.29, 1.82) is 0 Å². The lowest BCUT2D eigenvalue weighted by Gasteiger charge is -2.19. The molecule has 1 fully saturated rings. The third-order valence-electron chi connectivity index (χ3n) is 2.63. The first-order chi connectivity index (χ1) is 7.66. The van der Waals surface area contributed by atoms with Crippen molar-refractivity contribution in [1.82, 2.24) is 9.78 Å². The molecule has 0 N–H and O–H groups in total. The van der Waals surface area contributed by atoms with E-state index in [4.69, 9.17) is 0 Å². The molecule has 1 aliphatic rings. The quantitative estimate of drug-likeness (QED) is 0.824. The summed E-state index contributed by atoms with van der Waals surface area (Å²) >= 11 is 3.69. The first kappa shape index (κ1) is 12.0. The number of aromatic nitrogens is 2. The molecule has 0 radical (unpaired) electrons. The first-order valence-electron chi connectivity index (χ1n) is 5.38. The van der Waals surface area contributed by atoms with Crippen LogP contribution in [-0.4, -0.2) is 38.1 Å². The Morgan fingerprint density at radius 1 is 1.62 bits per heavy atom. The van der Waals surface area contributed by atoms with E-state index in [0.29, 0.717) is 12.2 Å². The standard InChI is InChI=1S/C11H16N2OS2/c1-8-5-9(13(2)12-8)6-10(14)11-7-15-3-4-16-11/h5,11H,3-4,6-7H2,1-2H3. The molecule has 2 rings (SSSR count). The highest BCUT2D eigenvalue weighted by atomic mass is 32.2. The number of thioether (sulfide) groups is 2. The van der Waals surface area contributed by atoms with Gasteiger partial charge in [-0.2, -0.15) is 16.9 Å². The SMILES string of the molecule is Cc1cc(CC(=O)C2CSCCS2)n(C)n1.